The van der Waals surface area contributed by atoms with Crippen LogP contribution in [0.3, 0.4) is 0 Å². The number of nitrogens with zero attached hydrogens (tertiary/aromatic N) is 3. The first-order valence-corrected chi connectivity index (χ1v) is 9.76. The first-order valence-electron chi connectivity index (χ1n) is 8.12. The lowest BCUT2D eigenvalue weighted by atomic mass is 10.1. The highest BCUT2D eigenvalue weighted by atomic mass is 35.5. The summed E-state index contributed by atoms with van der Waals surface area (Å²) in [5, 5.41) is 12.8. The Balaban J connectivity index is 1.82. The molecule has 0 spiro atoms. The molecule has 1 aliphatic carbocycles. The summed E-state index contributed by atoms with van der Waals surface area (Å²) in [4.78, 5) is 12.7. The molecule has 0 saturated heterocycles. The van der Waals surface area contributed by atoms with E-state index < -0.39 is 0 Å². The highest BCUT2D eigenvalue weighted by Crippen LogP contribution is 2.31. The zero-order chi connectivity index (χ0) is 17.3. The second kappa shape index (κ2) is 7.50. The van der Waals surface area contributed by atoms with Crippen molar-refractivity contribution < 1.29 is 4.79 Å². The first kappa shape index (κ1) is 17.8. The minimum Gasteiger partial charge on any atom is -0.352 e. The van der Waals surface area contributed by atoms with Gasteiger partial charge in [-0.15, -0.1) is 10.2 Å². The molecule has 3 rings (SSSR count). The van der Waals surface area contributed by atoms with E-state index in [9.17, 15) is 4.79 Å². The molecule has 2 heterocycles. The maximum atomic E-state index is 12.7. The van der Waals surface area contributed by atoms with E-state index in [0.29, 0.717) is 26.9 Å². The van der Waals surface area contributed by atoms with Crippen molar-refractivity contribution in [1.29, 1.82) is 0 Å². The molecule has 1 aliphatic rings. The van der Waals surface area contributed by atoms with Crippen LogP contribution in [0.4, 0.5) is 0 Å². The quantitative estimate of drug-likeness (QED) is 0.781. The molecule has 130 valence electrons. The van der Waals surface area contributed by atoms with Gasteiger partial charge in [-0.3, -0.25) is 9.20 Å². The third kappa shape index (κ3) is 3.81. The van der Waals surface area contributed by atoms with Crippen LogP contribution in [0.5, 0.6) is 0 Å². The van der Waals surface area contributed by atoms with E-state index in [1.54, 1.807) is 16.7 Å². The molecule has 0 aromatic carbocycles. The van der Waals surface area contributed by atoms with Gasteiger partial charge < -0.3 is 5.32 Å². The second-order valence-corrected chi connectivity index (χ2v) is 8.41. The number of thioether (sulfide) groups is 1. The van der Waals surface area contributed by atoms with Crippen molar-refractivity contribution in [3.8, 4) is 0 Å². The molecule has 1 fully saturated rings. The van der Waals surface area contributed by atoms with Gasteiger partial charge in [0.15, 0.2) is 10.8 Å². The highest BCUT2D eigenvalue weighted by molar-refractivity contribution is 8.00. The van der Waals surface area contributed by atoms with Crippen molar-refractivity contribution in [2.75, 3.05) is 0 Å². The van der Waals surface area contributed by atoms with Crippen LogP contribution >= 0.6 is 35.0 Å². The summed E-state index contributed by atoms with van der Waals surface area (Å²) < 4.78 is 1.74. The number of hydrogen-bond donors (Lipinski definition) is 1. The molecule has 2 aromatic heterocycles. The molecule has 1 amide bonds. The van der Waals surface area contributed by atoms with E-state index in [1.807, 2.05) is 13.8 Å². The van der Waals surface area contributed by atoms with Gasteiger partial charge in [-0.1, -0.05) is 61.7 Å². The smallest absolute Gasteiger partial charge is 0.234 e. The fourth-order valence-corrected chi connectivity index (χ4v) is 4.47. The fraction of sp³-hybridized carbons (Fsp3) is 0.562. The van der Waals surface area contributed by atoms with Gasteiger partial charge in [-0.25, -0.2) is 0 Å². The Hall–Kier alpha value is -0.980. The summed E-state index contributed by atoms with van der Waals surface area (Å²) in [6, 6.07) is 1.94. The van der Waals surface area contributed by atoms with Crippen LogP contribution in [0, 0.1) is 5.92 Å². The number of rotatable bonds is 5. The molecule has 0 unspecified atom stereocenters. The van der Waals surface area contributed by atoms with E-state index >= 15 is 0 Å². The first-order chi connectivity index (χ1) is 11.5. The van der Waals surface area contributed by atoms with Crippen LogP contribution in [0.2, 0.25) is 10.0 Å². The van der Waals surface area contributed by atoms with E-state index in [2.05, 4.69) is 15.5 Å². The number of hydrogen-bond acceptors (Lipinski definition) is 4. The molecule has 24 heavy (non-hydrogen) atoms. The lowest BCUT2D eigenvalue weighted by Crippen LogP contribution is -2.41. The third-order valence-corrected chi connectivity index (χ3v) is 6.18. The zero-order valence-corrected chi connectivity index (χ0v) is 16.0. The molecule has 5 nitrogen and oxygen atoms in total. The van der Waals surface area contributed by atoms with Crippen LogP contribution in [-0.2, 0) is 4.79 Å². The Morgan fingerprint density at radius 3 is 2.71 bits per heavy atom. The number of fused-ring (bicyclic) bond motifs is 1. The normalized spacial score (nSPS) is 16.9. The fourth-order valence-electron chi connectivity index (χ4n) is 2.94. The minimum atomic E-state index is -0.240. The monoisotopic (exact) mass is 386 g/mol. The summed E-state index contributed by atoms with van der Waals surface area (Å²) in [5.74, 6) is 0.227. The number of halogens is 2. The molecule has 0 aliphatic heterocycles. The largest absolute Gasteiger partial charge is 0.352 e. The Morgan fingerprint density at radius 2 is 2.04 bits per heavy atom. The molecule has 2 aromatic rings. The molecule has 1 N–H and O–H groups in total. The Bertz CT molecular complexity index is 743. The van der Waals surface area contributed by atoms with Gasteiger partial charge in [-0.05, 0) is 24.8 Å². The predicted molar refractivity (Wildman–Crippen MR) is 97.9 cm³/mol. The van der Waals surface area contributed by atoms with Gasteiger partial charge in [-0.2, -0.15) is 0 Å². The summed E-state index contributed by atoms with van der Waals surface area (Å²) >= 11 is 13.6. The standard InChI is InChI=1S/C16H20Cl2N4OS/c1-9(2)13(15(23)19-11-5-3-4-6-11)24-16-21-20-14-12(18)7-10(17)8-22(14)16/h7-9,11,13H,3-6H2,1-2H3,(H,19,23)/t13-/m0/s1. The Kier molecular flexibility index (Phi) is 5.57. The summed E-state index contributed by atoms with van der Waals surface area (Å²) in [6.07, 6.45) is 6.24. The van der Waals surface area contributed by atoms with E-state index in [4.69, 9.17) is 23.2 Å². The van der Waals surface area contributed by atoms with E-state index in [0.717, 1.165) is 12.8 Å². The van der Waals surface area contributed by atoms with Crippen LogP contribution < -0.4 is 5.32 Å². The number of pyridine rings is 1. The van der Waals surface area contributed by atoms with Crippen molar-refractivity contribution in [3.05, 3.63) is 22.3 Å². The highest BCUT2D eigenvalue weighted by Gasteiger charge is 2.28. The third-order valence-electron chi connectivity index (χ3n) is 4.19. The number of aromatic nitrogens is 3. The lowest BCUT2D eigenvalue weighted by molar-refractivity contribution is -0.121. The Morgan fingerprint density at radius 1 is 1.33 bits per heavy atom. The van der Waals surface area contributed by atoms with Crippen molar-refractivity contribution in [1.82, 2.24) is 19.9 Å². The van der Waals surface area contributed by atoms with Gasteiger partial charge in [0.25, 0.3) is 0 Å². The second-order valence-electron chi connectivity index (χ2n) is 6.45. The maximum absolute atomic E-state index is 12.7. The number of nitrogens with one attached hydrogen (secondary N) is 1. The molecule has 0 bridgehead atoms. The molecular weight excluding hydrogens is 367 g/mol. The average molecular weight is 387 g/mol. The van der Waals surface area contributed by atoms with Crippen LogP contribution in [0.1, 0.15) is 39.5 Å². The number of carbonyl (C=O) groups is 1. The van der Waals surface area contributed by atoms with Crippen LogP contribution in [0.15, 0.2) is 17.4 Å². The Labute approximate surface area is 155 Å². The maximum Gasteiger partial charge on any atom is 0.234 e. The predicted octanol–water partition coefficient (Wildman–Crippen LogP) is 4.21. The zero-order valence-electron chi connectivity index (χ0n) is 13.6. The van der Waals surface area contributed by atoms with Crippen LogP contribution in [0.25, 0.3) is 5.65 Å². The van der Waals surface area contributed by atoms with Crippen LogP contribution in [-0.4, -0.2) is 31.8 Å². The van der Waals surface area contributed by atoms with Gasteiger partial charge >= 0.3 is 0 Å². The molecule has 1 atom stereocenters. The molecule has 1 saturated carbocycles. The van der Waals surface area contributed by atoms with E-state index in [1.165, 1.54) is 24.6 Å². The van der Waals surface area contributed by atoms with Crippen molar-refractivity contribution >= 4 is 46.5 Å². The molecular formula is C16H20Cl2N4OS. The lowest BCUT2D eigenvalue weighted by Gasteiger charge is -2.21. The van der Waals surface area contributed by atoms with E-state index in [-0.39, 0.29) is 17.1 Å². The van der Waals surface area contributed by atoms with Gasteiger partial charge in [0.1, 0.15) is 0 Å². The minimum absolute atomic E-state index is 0.0618. The van der Waals surface area contributed by atoms with Gasteiger partial charge in [0, 0.05) is 12.2 Å². The van der Waals surface area contributed by atoms with Gasteiger partial charge in [0.05, 0.1) is 15.3 Å². The van der Waals surface area contributed by atoms with Crippen molar-refractivity contribution in [2.45, 2.75) is 56.0 Å². The number of amides is 1. The summed E-state index contributed by atoms with van der Waals surface area (Å²) in [5.41, 5.74) is 0.544. The summed E-state index contributed by atoms with van der Waals surface area (Å²) in [7, 11) is 0. The summed E-state index contributed by atoms with van der Waals surface area (Å²) in [6.45, 7) is 4.07. The molecule has 8 heteroatoms. The van der Waals surface area contributed by atoms with Crippen molar-refractivity contribution in [3.63, 3.8) is 0 Å². The topological polar surface area (TPSA) is 59.3 Å². The molecule has 0 radical (unpaired) electrons. The average Bonchev–Trinajstić information content (AvgIpc) is 3.14. The van der Waals surface area contributed by atoms with Gasteiger partial charge in [0.2, 0.25) is 5.91 Å². The number of carbonyl (C=O) groups excluding carboxylic acids is 1. The SMILES string of the molecule is CC(C)[C@H](Sc1nnc2c(Cl)cc(Cl)cn12)C(=O)NC1CCCC1. The van der Waals surface area contributed by atoms with Crippen molar-refractivity contribution in [2.24, 2.45) is 5.92 Å².